The second kappa shape index (κ2) is 4.14. The number of nitrogens with one attached hydrogen (secondary N) is 1. The summed E-state index contributed by atoms with van der Waals surface area (Å²) in [5, 5.41) is 3.55. The van der Waals surface area contributed by atoms with Gasteiger partial charge in [-0.05, 0) is 44.5 Å². The van der Waals surface area contributed by atoms with Gasteiger partial charge in [-0.2, -0.15) is 0 Å². The van der Waals surface area contributed by atoms with Gasteiger partial charge in [0.1, 0.15) is 5.75 Å². The van der Waals surface area contributed by atoms with Crippen molar-refractivity contribution in [2.75, 3.05) is 13.7 Å². The number of rotatable bonds is 2. The van der Waals surface area contributed by atoms with Crippen LogP contribution >= 0.6 is 15.9 Å². The summed E-state index contributed by atoms with van der Waals surface area (Å²) >= 11 is 3.51. The van der Waals surface area contributed by atoms with Gasteiger partial charge in [-0.3, -0.25) is 0 Å². The number of hydrogen-bond donors (Lipinski definition) is 1. The molecule has 1 N–H and O–H groups in total. The molecule has 1 atom stereocenters. The Morgan fingerprint density at radius 3 is 2.87 bits per heavy atom. The Labute approximate surface area is 99.1 Å². The molecule has 1 aromatic carbocycles. The Morgan fingerprint density at radius 2 is 2.27 bits per heavy atom. The maximum absolute atomic E-state index is 5.42. The number of halogens is 1. The van der Waals surface area contributed by atoms with Crippen molar-refractivity contribution in [3.63, 3.8) is 0 Å². The highest BCUT2D eigenvalue weighted by Gasteiger charge is 2.32. The van der Waals surface area contributed by atoms with E-state index < -0.39 is 0 Å². The van der Waals surface area contributed by atoms with E-state index in [1.807, 2.05) is 12.1 Å². The summed E-state index contributed by atoms with van der Waals surface area (Å²) in [5.74, 6) is 0.968. The Kier molecular flexibility index (Phi) is 3.03. The summed E-state index contributed by atoms with van der Waals surface area (Å²) in [7, 11) is 1.73. The summed E-state index contributed by atoms with van der Waals surface area (Å²) in [6.07, 6.45) is 2.39. The second-order valence-corrected chi connectivity index (χ2v) is 5.12. The lowest BCUT2D eigenvalue weighted by molar-refractivity contribution is 0.371. The van der Waals surface area contributed by atoms with Gasteiger partial charge in [0.25, 0.3) is 0 Å². The lowest BCUT2D eigenvalue weighted by atomic mass is 9.90. The third kappa shape index (κ3) is 2.04. The van der Waals surface area contributed by atoms with Gasteiger partial charge in [-0.25, -0.2) is 0 Å². The van der Waals surface area contributed by atoms with Gasteiger partial charge in [-0.15, -0.1) is 0 Å². The van der Waals surface area contributed by atoms with Crippen molar-refractivity contribution in [2.45, 2.75) is 25.3 Å². The lowest BCUT2D eigenvalue weighted by Crippen LogP contribution is -2.33. The molecule has 15 heavy (non-hydrogen) atoms. The average Bonchev–Trinajstić information content (AvgIpc) is 2.66. The van der Waals surface area contributed by atoms with Gasteiger partial charge in [-0.1, -0.05) is 15.9 Å². The molecule has 0 amide bonds. The zero-order chi connectivity index (χ0) is 10.9. The van der Waals surface area contributed by atoms with Crippen LogP contribution in [0.15, 0.2) is 22.7 Å². The molecule has 0 saturated carbocycles. The van der Waals surface area contributed by atoms with E-state index in [1.165, 1.54) is 18.4 Å². The normalized spacial score (nSPS) is 25.5. The molecule has 0 bridgehead atoms. The zero-order valence-electron chi connectivity index (χ0n) is 9.14. The van der Waals surface area contributed by atoms with Gasteiger partial charge >= 0.3 is 0 Å². The first-order chi connectivity index (χ1) is 7.15. The molecule has 1 saturated heterocycles. The van der Waals surface area contributed by atoms with Crippen LogP contribution in [0, 0.1) is 0 Å². The number of ether oxygens (including phenoxy) is 1. The number of methoxy groups -OCH3 is 1. The first-order valence-corrected chi connectivity index (χ1v) is 6.04. The van der Waals surface area contributed by atoms with Crippen molar-refractivity contribution >= 4 is 15.9 Å². The van der Waals surface area contributed by atoms with E-state index in [0.717, 1.165) is 16.8 Å². The van der Waals surface area contributed by atoms with Crippen LogP contribution in [0.25, 0.3) is 0 Å². The first-order valence-electron chi connectivity index (χ1n) is 5.25. The molecule has 2 rings (SSSR count). The van der Waals surface area contributed by atoms with Crippen molar-refractivity contribution in [1.29, 1.82) is 0 Å². The maximum Gasteiger partial charge on any atom is 0.123 e. The van der Waals surface area contributed by atoms with Crippen LogP contribution in [0.5, 0.6) is 5.75 Å². The lowest BCUT2D eigenvalue weighted by Gasteiger charge is -2.27. The van der Waals surface area contributed by atoms with E-state index in [9.17, 15) is 0 Å². The fourth-order valence-electron chi connectivity index (χ4n) is 2.24. The molecule has 0 aromatic heterocycles. The van der Waals surface area contributed by atoms with Gasteiger partial charge in [0.05, 0.1) is 7.11 Å². The fourth-order valence-corrected chi connectivity index (χ4v) is 2.60. The summed E-state index contributed by atoms with van der Waals surface area (Å²) < 4.78 is 6.52. The smallest absolute Gasteiger partial charge is 0.123 e. The molecular weight excluding hydrogens is 254 g/mol. The van der Waals surface area contributed by atoms with Gasteiger partial charge in [0.2, 0.25) is 0 Å². The largest absolute Gasteiger partial charge is 0.496 e. The molecule has 1 unspecified atom stereocenters. The van der Waals surface area contributed by atoms with Gasteiger partial charge in [0, 0.05) is 15.6 Å². The zero-order valence-corrected chi connectivity index (χ0v) is 10.7. The molecule has 2 nitrogen and oxygen atoms in total. The predicted octanol–water partition coefficient (Wildman–Crippen LogP) is 3.06. The van der Waals surface area contributed by atoms with Crippen molar-refractivity contribution in [3.8, 4) is 5.75 Å². The Balaban J connectivity index is 2.44. The summed E-state index contributed by atoms with van der Waals surface area (Å²) in [5.41, 5.74) is 1.31. The van der Waals surface area contributed by atoms with Crippen LogP contribution < -0.4 is 10.1 Å². The van der Waals surface area contributed by atoms with E-state index in [-0.39, 0.29) is 5.54 Å². The van der Waals surface area contributed by atoms with Crippen LogP contribution in [0.3, 0.4) is 0 Å². The average molecular weight is 270 g/mol. The molecule has 1 fully saturated rings. The van der Waals surface area contributed by atoms with E-state index >= 15 is 0 Å². The quantitative estimate of drug-likeness (QED) is 0.891. The Hall–Kier alpha value is -0.540. The molecule has 3 heteroatoms. The molecule has 1 heterocycles. The fraction of sp³-hybridized carbons (Fsp3) is 0.500. The summed E-state index contributed by atoms with van der Waals surface area (Å²) in [4.78, 5) is 0. The first kappa shape index (κ1) is 11.0. The highest BCUT2D eigenvalue weighted by Crippen LogP contribution is 2.37. The van der Waals surface area contributed by atoms with Crippen molar-refractivity contribution in [2.24, 2.45) is 0 Å². The van der Waals surface area contributed by atoms with Crippen molar-refractivity contribution in [1.82, 2.24) is 5.32 Å². The highest BCUT2D eigenvalue weighted by atomic mass is 79.9. The van der Waals surface area contributed by atoms with E-state index in [1.54, 1.807) is 7.11 Å². The minimum Gasteiger partial charge on any atom is -0.496 e. The SMILES string of the molecule is COc1ccc(Br)cc1C1(C)CCCN1. The van der Waals surface area contributed by atoms with Gasteiger partial charge in [0.15, 0.2) is 0 Å². The van der Waals surface area contributed by atoms with E-state index in [2.05, 4.69) is 34.2 Å². The van der Waals surface area contributed by atoms with Crippen LogP contribution in [0.1, 0.15) is 25.3 Å². The molecule has 0 radical (unpaired) electrons. The Bertz CT molecular complexity index is 359. The van der Waals surface area contributed by atoms with Crippen molar-refractivity contribution < 1.29 is 4.74 Å². The second-order valence-electron chi connectivity index (χ2n) is 4.21. The van der Waals surface area contributed by atoms with Crippen LogP contribution in [-0.4, -0.2) is 13.7 Å². The third-order valence-corrected chi connectivity index (χ3v) is 3.62. The summed E-state index contributed by atoms with van der Waals surface area (Å²) in [6.45, 7) is 3.33. The molecule has 1 aliphatic rings. The van der Waals surface area contributed by atoms with E-state index in [0.29, 0.717) is 0 Å². The Morgan fingerprint density at radius 1 is 1.47 bits per heavy atom. The molecule has 1 aromatic rings. The summed E-state index contributed by atoms with van der Waals surface area (Å²) in [6, 6.07) is 6.18. The number of benzene rings is 1. The van der Waals surface area contributed by atoms with Crippen LogP contribution in [0.2, 0.25) is 0 Å². The van der Waals surface area contributed by atoms with Crippen LogP contribution in [0.4, 0.5) is 0 Å². The maximum atomic E-state index is 5.42. The van der Waals surface area contributed by atoms with E-state index in [4.69, 9.17) is 4.74 Å². The monoisotopic (exact) mass is 269 g/mol. The molecule has 0 aliphatic carbocycles. The molecule has 0 spiro atoms. The third-order valence-electron chi connectivity index (χ3n) is 3.12. The van der Waals surface area contributed by atoms with Crippen molar-refractivity contribution in [3.05, 3.63) is 28.2 Å². The molecular formula is C12H16BrNO. The minimum atomic E-state index is 0.0646. The molecule has 1 aliphatic heterocycles. The highest BCUT2D eigenvalue weighted by molar-refractivity contribution is 9.10. The topological polar surface area (TPSA) is 21.3 Å². The molecule has 82 valence electrons. The number of hydrogen-bond acceptors (Lipinski definition) is 2. The van der Waals surface area contributed by atoms with Gasteiger partial charge < -0.3 is 10.1 Å². The predicted molar refractivity (Wildman–Crippen MR) is 65.3 cm³/mol. The standard InChI is InChI=1S/C12H16BrNO/c1-12(6-3-7-14-12)10-8-9(13)4-5-11(10)15-2/h4-5,8,14H,3,6-7H2,1-2H3. The van der Waals surface area contributed by atoms with Crippen LogP contribution in [-0.2, 0) is 5.54 Å². The minimum absolute atomic E-state index is 0.0646.